The van der Waals surface area contributed by atoms with E-state index in [9.17, 15) is 14.0 Å². The fourth-order valence-corrected chi connectivity index (χ4v) is 4.02. The number of ketones is 1. The van der Waals surface area contributed by atoms with Crippen LogP contribution in [0.2, 0.25) is 5.02 Å². The summed E-state index contributed by atoms with van der Waals surface area (Å²) in [4.78, 5) is 27.8. The third kappa shape index (κ3) is 3.95. The van der Waals surface area contributed by atoms with E-state index in [4.69, 9.17) is 16.3 Å². The van der Waals surface area contributed by atoms with Crippen LogP contribution in [-0.2, 0) is 9.53 Å². The van der Waals surface area contributed by atoms with Gasteiger partial charge in [0, 0.05) is 44.1 Å². The van der Waals surface area contributed by atoms with E-state index in [0.717, 1.165) is 6.42 Å². The Balaban J connectivity index is 1.31. The molecule has 0 bridgehead atoms. The summed E-state index contributed by atoms with van der Waals surface area (Å²) in [6.07, 6.45) is 1.37. The molecule has 0 saturated carbocycles. The Morgan fingerprint density at radius 3 is 2.89 bits per heavy atom. The summed E-state index contributed by atoms with van der Waals surface area (Å²) in [6.45, 7) is 2.54. The highest BCUT2D eigenvalue weighted by Crippen LogP contribution is 2.28. The van der Waals surface area contributed by atoms with Gasteiger partial charge in [-0.1, -0.05) is 23.4 Å². The molecule has 1 aromatic rings. The number of carbonyl (C=O) groups excluding carboxylic acids is 2. The lowest BCUT2D eigenvalue weighted by molar-refractivity contribution is -0.140. The average Bonchev–Trinajstić information content (AvgIpc) is 2.62. The van der Waals surface area contributed by atoms with Crippen LogP contribution in [0.5, 0.6) is 0 Å². The summed E-state index contributed by atoms with van der Waals surface area (Å²) >= 11 is 6.01. The second kappa shape index (κ2) is 7.49. The summed E-state index contributed by atoms with van der Waals surface area (Å²) < 4.78 is 18.8. The Hall–Kier alpha value is -2.10. The van der Waals surface area contributed by atoms with Gasteiger partial charge in [-0.25, -0.2) is 9.18 Å². The number of halogens is 2. The zero-order valence-electron chi connectivity index (χ0n) is 14.8. The van der Waals surface area contributed by atoms with Crippen molar-refractivity contribution in [3.05, 3.63) is 34.6 Å². The van der Waals surface area contributed by atoms with Crippen molar-refractivity contribution in [1.82, 2.24) is 9.80 Å². The molecule has 3 saturated heterocycles. The van der Waals surface area contributed by atoms with E-state index in [0.29, 0.717) is 43.2 Å². The van der Waals surface area contributed by atoms with Crippen LogP contribution < -0.4 is 0 Å². The lowest BCUT2D eigenvalue weighted by Gasteiger charge is -2.45. The van der Waals surface area contributed by atoms with Crippen molar-refractivity contribution in [3.8, 4) is 11.8 Å². The molecule has 5 nitrogen and oxygen atoms in total. The monoisotopic (exact) mass is 390 g/mol. The van der Waals surface area contributed by atoms with E-state index < -0.39 is 0 Å². The van der Waals surface area contributed by atoms with Crippen LogP contribution in [-0.4, -0.2) is 60.5 Å². The molecule has 1 aromatic carbocycles. The minimum Gasteiger partial charge on any atom is -0.370 e. The van der Waals surface area contributed by atoms with Crippen molar-refractivity contribution >= 4 is 23.4 Å². The number of likely N-dealkylation sites (tertiary alicyclic amines) is 2. The quantitative estimate of drug-likeness (QED) is 0.640. The number of piperidine rings is 1. The van der Waals surface area contributed by atoms with E-state index in [1.165, 1.54) is 18.2 Å². The molecule has 7 heteroatoms. The van der Waals surface area contributed by atoms with E-state index in [2.05, 4.69) is 11.8 Å². The lowest BCUT2D eigenvalue weighted by Crippen LogP contribution is -2.58. The second-order valence-corrected chi connectivity index (χ2v) is 7.77. The van der Waals surface area contributed by atoms with Crippen molar-refractivity contribution in [3.63, 3.8) is 0 Å². The molecule has 3 aliphatic rings. The summed E-state index contributed by atoms with van der Waals surface area (Å²) in [5.41, 5.74) is 0.463. The van der Waals surface area contributed by atoms with Crippen molar-refractivity contribution < 1.29 is 18.7 Å². The maximum atomic E-state index is 13.3. The van der Waals surface area contributed by atoms with E-state index in [-0.39, 0.29) is 42.2 Å². The summed E-state index contributed by atoms with van der Waals surface area (Å²) in [7, 11) is 0. The molecule has 0 unspecified atom stereocenters. The number of nitrogens with zero attached hydrogens (tertiary/aromatic N) is 2. The topological polar surface area (TPSA) is 49.9 Å². The van der Waals surface area contributed by atoms with Crippen LogP contribution in [0.25, 0.3) is 0 Å². The Kier molecular flexibility index (Phi) is 5.07. The minimum atomic E-state index is -0.373. The molecule has 27 heavy (non-hydrogen) atoms. The van der Waals surface area contributed by atoms with Gasteiger partial charge in [-0.3, -0.25) is 4.79 Å². The SMILES string of the molecule is O=C1CO[C@H]2CCN(C(=O)N3CC(C#Cc4cc(F)ccc4Cl)C3)C[C@H]2C1. The maximum absolute atomic E-state index is 13.3. The van der Waals surface area contributed by atoms with Gasteiger partial charge in [0.05, 0.1) is 17.0 Å². The molecule has 0 aliphatic carbocycles. The standard InChI is InChI=1S/C20H20ClFN2O3/c21-18-4-3-16(22)7-14(18)2-1-13-9-24(10-13)20(26)23-6-5-19-15(11-23)8-17(25)12-27-19/h3-4,7,13,15,19H,5-6,8-12H2/t15-,19+/m1/s1. The third-order valence-electron chi connectivity index (χ3n) is 5.37. The first kappa shape index (κ1) is 18.3. The molecule has 2 atom stereocenters. The van der Waals surface area contributed by atoms with Crippen LogP contribution in [0.15, 0.2) is 18.2 Å². The van der Waals surface area contributed by atoms with Crippen LogP contribution in [0, 0.1) is 29.5 Å². The van der Waals surface area contributed by atoms with Crippen molar-refractivity contribution in [2.45, 2.75) is 18.9 Å². The first-order valence-corrected chi connectivity index (χ1v) is 9.51. The minimum absolute atomic E-state index is 0.00619. The molecular weight excluding hydrogens is 371 g/mol. The number of Topliss-reactive ketones (excluding diaryl/α,β-unsaturated/α-hetero) is 1. The van der Waals surface area contributed by atoms with Gasteiger partial charge in [-0.15, -0.1) is 0 Å². The summed E-state index contributed by atoms with van der Waals surface area (Å²) in [5.74, 6) is 5.88. The van der Waals surface area contributed by atoms with Crippen molar-refractivity contribution in [1.29, 1.82) is 0 Å². The molecule has 0 spiro atoms. The Bertz CT molecular complexity index is 828. The van der Waals surface area contributed by atoms with Gasteiger partial charge in [-0.2, -0.15) is 0 Å². The number of carbonyl (C=O) groups is 2. The Labute approximate surface area is 162 Å². The van der Waals surface area contributed by atoms with Crippen LogP contribution >= 0.6 is 11.6 Å². The number of benzene rings is 1. The number of hydrogen-bond acceptors (Lipinski definition) is 3. The van der Waals surface area contributed by atoms with Gasteiger partial charge in [0.15, 0.2) is 5.78 Å². The van der Waals surface area contributed by atoms with E-state index >= 15 is 0 Å². The largest absolute Gasteiger partial charge is 0.370 e. The van der Waals surface area contributed by atoms with Crippen molar-refractivity contribution in [2.24, 2.45) is 11.8 Å². The molecule has 3 heterocycles. The number of fused-ring (bicyclic) bond motifs is 1. The zero-order valence-corrected chi connectivity index (χ0v) is 15.5. The summed E-state index contributed by atoms with van der Waals surface area (Å²) in [6, 6.07) is 4.09. The number of ether oxygens (including phenoxy) is 1. The second-order valence-electron chi connectivity index (χ2n) is 7.37. The highest BCUT2D eigenvalue weighted by Gasteiger charge is 2.39. The predicted octanol–water partition coefficient (Wildman–Crippen LogP) is 2.56. The van der Waals surface area contributed by atoms with E-state index in [1.807, 2.05) is 4.90 Å². The number of amides is 2. The summed E-state index contributed by atoms with van der Waals surface area (Å²) in [5, 5.41) is 0.420. The third-order valence-corrected chi connectivity index (χ3v) is 5.70. The zero-order chi connectivity index (χ0) is 19.0. The molecule has 4 rings (SSSR count). The Morgan fingerprint density at radius 2 is 2.07 bits per heavy atom. The first-order chi connectivity index (χ1) is 13.0. The number of rotatable bonds is 0. The fourth-order valence-electron chi connectivity index (χ4n) is 3.85. The molecule has 0 N–H and O–H groups in total. The van der Waals surface area contributed by atoms with Gasteiger partial charge < -0.3 is 14.5 Å². The van der Waals surface area contributed by atoms with E-state index in [1.54, 1.807) is 4.90 Å². The molecule has 3 aliphatic heterocycles. The van der Waals surface area contributed by atoms with Gasteiger partial charge in [0.25, 0.3) is 0 Å². The molecular formula is C20H20ClFN2O3. The first-order valence-electron chi connectivity index (χ1n) is 9.13. The molecule has 0 aromatic heterocycles. The van der Waals surface area contributed by atoms with Crippen LogP contribution in [0.3, 0.4) is 0 Å². The number of hydrogen-bond donors (Lipinski definition) is 0. The van der Waals surface area contributed by atoms with Gasteiger partial charge in [0.2, 0.25) is 0 Å². The predicted molar refractivity (Wildman–Crippen MR) is 97.8 cm³/mol. The fraction of sp³-hybridized carbons (Fsp3) is 0.500. The van der Waals surface area contributed by atoms with Gasteiger partial charge in [-0.05, 0) is 24.6 Å². The smallest absolute Gasteiger partial charge is 0.320 e. The highest BCUT2D eigenvalue weighted by molar-refractivity contribution is 6.31. The molecule has 3 fully saturated rings. The highest BCUT2D eigenvalue weighted by atomic mass is 35.5. The van der Waals surface area contributed by atoms with Crippen molar-refractivity contribution in [2.75, 3.05) is 32.8 Å². The molecule has 142 valence electrons. The van der Waals surface area contributed by atoms with Gasteiger partial charge in [0.1, 0.15) is 12.4 Å². The molecule has 2 amide bonds. The Morgan fingerprint density at radius 1 is 1.26 bits per heavy atom. The average molecular weight is 391 g/mol. The lowest BCUT2D eigenvalue weighted by atomic mass is 9.88. The van der Waals surface area contributed by atoms with Crippen LogP contribution in [0.4, 0.5) is 9.18 Å². The van der Waals surface area contributed by atoms with Gasteiger partial charge >= 0.3 is 6.03 Å². The molecule has 0 radical (unpaired) electrons. The van der Waals surface area contributed by atoms with Crippen LogP contribution in [0.1, 0.15) is 18.4 Å². The normalized spacial score (nSPS) is 25.3. The number of urea groups is 1. The maximum Gasteiger partial charge on any atom is 0.320 e.